The Kier molecular flexibility index (Phi) is 6.58. The molecule has 4 rings (SSSR count). The number of carbonyl (C=O) groups excluding carboxylic acids is 1. The molecular formula is C22H39FN4O. The van der Waals surface area contributed by atoms with Crippen molar-refractivity contribution in [1.82, 2.24) is 15.1 Å². The van der Waals surface area contributed by atoms with Crippen molar-refractivity contribution in [3.05, 3.63) is 0 Å². The van der Waals surface area contributed by atoms with Gasteiger partial charge < -0.3 is 16.0 Å². The van der Waals surface area contributed by atoms with Gasteiger partial charge in [0.1, 0.15) is 6.17 Å². The summed E-state index contributed by atoms with van der Waals surface area (Å²) in [6, 6.07) is -0.144. The number of nitrogens with one attached hydrogen (secondary N) is 1. The van der Waals surface area contributed by atoms with Crippen LogP contribution in [0.2, 0.25) is 0 Å². The average Bonchev–Trinajstić information content (AvgIpc) is 2.70. The molecule has 28 heavy (non-hydrogen) atoms. The van der Waals surface area contributed by atoms with E-state index in [2.05, 4.69) is 10.2 Å². The van der Waals surface area contributed by atoms with Gasteiger partial charge in [-0.15, -0.1) is 0 Å². The van der Waals surface area contributed by atoms with Gasteiger partial charge in [0.05, 0.1) is 11.6 Å². The first-order chi connectivity index (χ1) is 13.6. The summed E-state index contributed by atoms with van der Waals surface area (Å²) in [5.74, 6) is 0.283. The molecule has 0 aromatic rings. The van der Waals surface area contributed by atoms with E-state index in [9.17, 15) is 4.79 Å². The number of alkyl halides is 1. The standard InChI is InChI=1S/C22H39FN4O/c23-21-20(26-13-14-27-17(16-26)9-8-10-19(27)28)18(24)15-25-22(21)11-6-4-2-1-3-5-7-12-22/h17-18,20-21,25H,1-16,24H2. The summed E-state index contributed by atoms with van der Waals surface area (Å²) >= 11 is 0. The third-order valence-corrected chi connectivity index (χ3v) is 7.89. The highest BCUT2D eigenvalue weighted by Crippen LogP contribution is 2.37. The van der Waals surface area contributed by atoms with E-state index in [0.717, 1.165) is 58.2 Å². The van der Waals surface area contributed by atoms with Crippen molar-refractivity contribution in [3.8, 4) is 0 Å². The lowest BCUT2D eigenvalue weighted by Crippen LogP contribution is -2.74. The van der Waals surface area contributed by atoms with Gasteiger partial charge >= 0.3 is 0 Å². The molecule has 4 unspecified atom stereocenters. The second-order valence-electron chi connectivity index (χ2n) is 9.70. The fourth-order valence-corrected chi connectivity index (χ4v) is 6.24. The van der Waals surface area contributed by atoms with Crippen LogP contribution in [-0.2, 0) is 4.79 Å². The molecule has 6 heteroatoms. The third kappa shape index (κ3) is 4.10. The van der Waals surface area contributed by atoms with E-state index in [-0.39, 0.29) is 24.0 Å². The Morgan fingerprint density at radius 2 is 1.68 bits per heavy atom. The van der Waals surface area contributed by atoms with E-state index >= 15 is 4.39 Å². The van der Waals surface area contributed by atoms with Crippen LogP contribution in [0.5, 0.6) is 0 Å². The normalized spacial score (nSPS) is 38.2. The smallest absolute Gasteiger partial charge is 0.222 e. The molecule has 3 saturated heterocycles. The Bertz CT molecular complexity index is 535. The van der Waals surface area contributed by atoms with Gasteiger partial charge in [0, 0.05) is 44.7 Å². The molecule has 3 heterocycles. The number of nitrogens with two attached hydrogens (primary N) is 1. The number of halogens is 1. The Morgan fingerprint density at radius 3 is 2.39 bits per heavy atom. The first kappa shape index (κ1) is 20.5. The molecule has 1 spiro atoms. The molecule has 1 aliphatic carbocycles. The van der Waals surface area contributed by atoms with Crippen molar-refractivity contribution in [3.63, 3.8) is 0 Å². The highest BCUT2D eigenvalue weighted by atomic mass is 19.1. The van der Waals surface area contributed by atoms with E-state index < -0.39 is 11.7 Å². The van der Waals surface area contributed by atoms with Gasteiger partial charge in [-0.3, -0.25) is 9.69 Å². The number of piperazine rings is 1. The van der Waals surface area contributed by atoms with Crippen LogP contribution in [0.1, 0.15) is 77.0 Å². The molecular weight excluding hydrogens is 355 g/mol. The quantitative estimate of drug-likeness (QED) is 0.718. The van der Waals surface area contributed by atoms with E-state index in [4.69, 9.17) is 5.73 Å². The molecule has 1 amide bonds. The SMILES string of the molecule is NC1CNC2(CCCCCCCCC2)C(F)C1N1CCN2C(=O)CCCC2C1. The summed E-state index contributed by atoms with van der Waals surface area (Å²) < 4.78 is 16.2. The van der Waals surface area contributed by atoms with Crippen LogP contribution in [0.25, 0.3) is 0 Å². The number of hydrogen-bond donors (Lipinski definition) is 2. The molecule has 0 aromatic carbocycles. The van der Waals surface area contributed by atoms with Gasteiger partial charge in [-0.05, 0) is 25.7 Å². The fraction of sp³-hybridized carbons (Fsp3) is 0.955. The second-order valence-corrected chi connectivity index (χ2v) is 9.70. The first-order valence-electron chi connectivity index (χ1n) is 11.8. The first-order valence-corrected chi connectivity index (χ1v) is 11.8. The number of rotatable bonds is 1. The monoisotopic (exact) mass is 394 g/mol. The number of fused-ring (bicyclic) bond motifs is 1. The summed E-state index contributed by atoms with van der Waals surface area (Å²) in [6.07, 6.45) is 12.2. The zero-order valence-corrected chi connectivity index (χ0v) is 17.4. The van der Waals surface area contributed by atoms with E-state index in [0.29, 0.717) is 13.0 Å². The molecule has 1 saturated carbocycles. The van der Waals surface area contributed by atoms with Gasteiger partial charge in [-0.1, -0.05) is 44.9 Å². The van der Waals surface area contributed by atoms with Gasteiger partial charge in [0.15, 0.2) is 0 Å². The number of carbonyl (C=O) groups is 1. The third-order valence-electron chi connectivity index (χ3n) is 7.89. The fourth-order valence-electron chi connectivity index (χ4n) is 6.24. The number of hydrogen-bond acceptors (Lipinski definition) is 4. The average molecular weight is 395 g/mol. The molecule has 160 valence electrons. The summed E-state index contributed by atoms with van der Waals surface area (Å²) in [7, 11) is 0. The molecule has 0 radical (unpaired) electrons. The largest absolute Gasteiger partial charge is 0.337 e. The van der Waals surface area contributed by atoms with Crippen molar-refractivity contribution in [2.24, 2.45) is 5.73 Å². The van der Waals surface area contributed by atoms with Gasteiger partial charge in [0.2, 0.25) is 5.91 Å². The Morgan fingerprint density at radius 1 is 1.00 bits per heavy atom. The summed E-state index contributed by atoms with van der Waals surface area (Å²) in [5, 5.41) is 3.59. The Labute approximate surface area is 169 Å². The van der Waals surface area contributed by atoms with Crippen LogP contribution < -0.4 is 11.1 Å². The molecule has 3 aliphatic heterocycles. The van der Waals surface area contributed by atoms with Crippen molar-refractivity contribution in [2.75, 3.05) is 26.2 Å². The predicted molar refractivity (Wildman–Crippen MR) is 110 cm³/mol. The molecule has 4 atom stereocenters. The maximum atomic E-state index is 16.2. The van der Waals surface area contributed by atoms with Gasteiger partial charge in [-0.25, -0.2) is 4.39 Å². The second kappa shape index (κ2) is 8.97. The summed E-state index contributed by atoms with van der Waals surface area (Å²) in [4.78, 5) is 16.6. The van der Waals surface area contributed by atoms with Crippen molar-refractivity contribution < 1.29 is 9.18 Å². The predicted octanol–water partition coefficient (Wildman–Crippen LogP) is 2.58. The number of piperidine rings is 2. The maximum Gasteiger partial charge on any atom is 0.222 e. The maximum absolute atomic E-state index is 16.2. The van der Waals surface area contributed by atoms with E-state index in [1.165, 1.54) is 32.1 Å². The molecule has 0 aromatic heterocycles. The lowest BCUT2D eigenvalue weighted by molar-refractivity contribution is -0.141. The van der Waals surface area contributed by atoms with Crippen LogP contribution >= 0.6 is 0 Å². The minimum atomic E-state index is -0.929. The molecule has 4 aliphatic rings. The van der Waals surface area contributed by atoms with Gasteiger partial charge in [-0.2, -0.15) is 0 Å². The van der Waals surface area contributed by atoms with Crippen molar-refractivity contribution >= 4 is 5.91 Å². The topological polar surface area (TPSA) is 61.6 Å². The lowest BCUT2D eigenvalue weighted by Gasteiger charge is -2.54. The number of amides is 1. The van der Waals surface area contributed by atoms with Crippen LogP contribution in [0, 0.1) is 0 Å². The van der Waals surface area contributed by atoms with Crippen molar-refractivity contribution in [2.45, 2.75) is 107 Å². The molecule has 3 N–H and O–H groups in total. The minimum Gasteiger partial charge on any atom is -0.337 e. The van der Waals surface area contributed by atoms with Crippen molar-refractivity contribution in [1.29, 1.82) is 0 Å². The van der Waals surface area contributed by atoms with Crippen LogP contribution in [0.4, 0.5) is 4.39 Å². The Balaban J connectivity index is 1.48. The minimum absolute atomic E-state index is 0.179. The van der Waals surface area contributed by atoms with E-state index in [1.807, 2.05) is 4.90 Å². The zero-order valence-electron chi connectivity index (χ0n) is 17.4. The van der Waals surface area contributed by atoms with Crippen LogP contribution in [0.3, 0.4) is 0 Å². The lowest BCUT2D eigenvalue weighted by atomic mass is 9.74. The van der Waals surface area contributed by atoms with E-state index in [1.54, 1.807) is 0 Å². The highest BCUT2D eigenvalue weighted by molar-refractivity contribution is 5.77. The molecule has 5 nitrogen and oxygen atoms in total. The highest BCUT2D eigenvalue weighted by Gasteiger charge is 2.51. The molecule has 0 bridgehead atoms. The summed E-state index contributed by atoms with van der Waals surface area (Å²) in [6.45, 7) is 2.99. The van der Waals surface area contributed by atoms with Crippen LogP contribution in [-0.4, -0.2) is 71.7 Å². The zero-order chi connectivity index (χ0) is 19.6. The summed E-state index contributed by atoms with van der Waals surface area (Å²) in [5.41, 5.74) is 6.08. The van der Waals surface area contributed by atoms with Gasteiger partial charge in [0.25, 0.3) is 0 Å². The molecule has 4 fully saturated rings. The Hall–Kier alpha value is -0.720. The number of nitrogens with zero attached hydrogens (tertiary/aromatic N) is 2. The van der Waals surface area contributed by atoms with Crippen LogP contribution in [0.15, 0.2) is 0 Å².